The molecule has 0 aromatic rings. The fraction of sp³-hybridized carbons (Fsp3) is 0.941. The molecular formula is C51H101NO3. The molecule has 0 saturated carbocycles. The second kappa shape index (κ2) is 47.5. The summed E-state index contributed by atoms with van der Waals surface area (Å²) in [5.41, 5.74) is 0. The topological polar surface area (TPSA) is 69.6 Å². The normalized spacial score (nSPS) is 12.9. The van der Waals surface area contributed by atoms with Gasteiger partial charge in [-0.25, -0.2) is 0 Å². The van der Waals surface area contributed by atoms with Gasteiger partial charge in [0.25, 0.3) is 0 Å². The van der Waals surface area contributed by atoms with Crippen molar-refractivity contribution in [2.45, 2.75) is 302 Å². The number of aliphatic hydroxyl groups excluding tert-OH is 2. The van der Waals surface area contributed by atoms with E-state index >= 15 is 0 Å². The molecule has 0 radical (unpaired) electrons. The molecule has 0 saturated heterocycles. The number of unbranched alkanes of at least 4 members (excludes halogenated alkanes) is 38. The Morgan fingerprint density at radius 1 is 0.418 bits per heavy atom. The van der Waals surface area contributed by atoms with Crippen molar-refractivity contribution in [3.8, 4) is 0 Å². The van der Waals surface area contributed by atoms with Crippen LogP contribution < -0.4 is 5.32 Å². The van der Waals surface area contributed by atoms with Crippen LogP contribution in [0.25, 0.3) is 0 Å². The van der Waals surface area contributed by atoms with E-state index in [0.29, 0.717) is 12.8 Å². The molecule has 328 valence electrons. The highest BCUT2D eigenvalue weighted by molar-refractivity contribution is 5.76. The highest BCUT2D eigenvalue weighted by Gasteiger charge is 2.20. The molecule has 0 rings (SSSR count). The average molecular weight is 776 g/mol. The molecular weight excluding hydrogens is 675 g/mol. The van der Waals surface area contributed by atoms with Crippen molar-refractivity contribution in [3.05, 3.63) is 12.2 Å². The fourth-order valence-corrected chi connectivity index (χ4v) is 8.12. The Hall–Kier alpha value is -0.870. The molecule has 0 aromatic carbocycles. The molecule has 0 bridgehead atoms. The summed E-state index contributed by atoms with van der Waals surface area (Å²) in [4.78, 5) is 12.4. The summed E-state index contributed by atoms with van der Waals surface area (Å²) in [7, 11) is 0. The van der Waals surface area contributed by atoms with Gasteiger partial charge in [-0.3, -0.25) is 4.79 Å². The number of aliphatic hydroxyl groups is 2. The maximum absolute atomic E-state index is 12.4. The minimum atomic E-state index is -0.652. The number of amides is 1. The molecule has 0 aromatic heterocycles. The number of hydrogen-bond acceptors (Lipinski definition) is 3. The zero-order valence-corrected chi connectivity index (χ0v) is 37.7. The van der Waals surface area contributed by atoms with Crippen LogP contribution in [-0.4, -0.2) is 34.9 Å². The van der Waals surface area contributed by atoms with Crippen molar-refractivity contribution in [2.75, 3.05) is 6.61 Å². The second-order valence-electron chi connectivity index (χ2n) is 17.6. The van der Waals surface area contributed by atoms with Crippen LogP contribution in [-0.2, 0) is 4.79 Å². The van der Waals surface area contributed by atoms with Crippen molar-refractivity contribution in [2.24, 2.45) is 0 Å². The van der Waals surface area contributed by atoms with Gasteiger partial charge in [-0.05, 0) is 38.5 Å². The smallest absolute Gasteiger partial charge is 0.220 e. The van der Waals surface area contributed by atoms with Crippen LogP contribution >= 0.6 is 0 Å². The Balaban J connectivity index is 3.31. The van der Waals surface area contributed by atoms with Crippen LogP contribution in [0, 0.1) is 0 Å². The minimum Gasteiger partial charge on any atom is -0.394 e. The van der Waals surface area contributed by atoms with Crippen molar-refractivity contribution in [1.29, 1.82) is 0 Å². The first kappa shape index (κ1) is 54.1. The summed E-state index contributed by atoms with van der Waals surface area (Å²) in [6.07, 6.45) is 60.7. The summed E-state index contributed by atoms with van der Waals surface area (Å²) in [5, 5.41) is 23.0. The van der Waals surface area contributed by atoms with Gasteiger partial charge in [0, 0.05) is 6.42 Å². The monoisotopic (exact) mass is 776 g/mol. The predicted octanol–water partition coefficient (Wildman–Crippen LogP) is 16.2. The Bertz CT molecular complexity index is 754. The standard InChI is InChI=1S/C51H101NO3/c1-3-5-7-9-11-13-14-15-16-17-18-19-20-21-22-23-24-25-26-27-28-29-30-31-32-33-34-35-36-37-38-39-41-43-45-47-51(55)52-49(48-53)50(54)46-44-42-40-12-10-8-6-4-2/h17-18,49-50,53-54H,3-16,19-48H2,1-2H3,(H,52,55)/b18-17-. The van der Waals surface area contributed by atoms with Gasteiger partial charge in [0.1, 0.15) is 0 Å². The van der Waals surface area contributed by atoms with Crippen molar-refractivity contribution in [1.82, 2.24) is 5.32 Å². The summed E-state index contributed by atoms with van der Waals surface area (Å²) >= 11 is 0. The predicted molar refractivity (Wildman–Crippen MR) is 244 cm³/mol. The van der Waals surface area contributed by atoms with Gasteiger partial charge in [0.2, 0.25) is 5.91 Å². The summed E-state index contributed by atoms with van der Waals surface area (Å²) in [5.74, 6) is -0.0290. The maximum Gasteiger partial charge on any atom is 0.220 e. The number of carbonyl (C=O) groups excluding carboxylic acids is 1. The number of rotatable bonds is 47. The number of allylic oxidation sites excluding steroid dienone is 2. The SMILES string of the molecule is CCCCCCCCCC/C=C\CCCCCCCCCCCCCCCCCCCCCCCCCC(=O)NC(CO)C(O)CCCCCCCCCC. The largest absolute Gasteiger partial charge is 0.394 e. The van der Waals surface area contributed by atoms with Gasteiger partial charge in [-0.2, -0.15) is 0 Å². The molecule has 0 heterocycles. The van der Waals surface area contributed by atoms with E-state index in [1.54, 1.807) is 0 Å². The molecule has 0 aliphatic heterocycles. The van der Waals surface area contributed by atoms with Gasteiger partial charge in [-0.1, -0.05) is 257 Å². The summed E-state index contributed by atoms with van der Waals surface area (Å²) in [6.45, 7) is 4.35. The molecule has 0 aliphatic carbocycles. The Labute approximate surface area is 346 Å². The molecule has 4 heteroatoms. The lowest BCUT2D eigenvalue weighted by Crippen LogP contribution is -2.45. The van der Waals surface area contributed by atoms with E-state index < -0.39 is 12.1 Å². The van der Waals surface area contributed by atoms with E-state index in [0.717, 1.165) is 25.7 Å². The van der Waals surface area contributed by atoms with Crippen LogP contribution in [0.15, 0.2) is 12.2 Å². The molecule has 1 amide bonds. The summed E-state index contributed by atoms with van der Waals surface area (Å²) < 4.78 is 0. The van der Waals surface area contributed by atoms with Crippen molar-refractivity contribution < 1.29 is 15.0 Å². The van der Waals surface area contributed by atoms with Gasteiger partial charge in [-0.15, -0.1) is 0 Å². The van der Waals surface area contributed by atoms with E-state index in [9.17, 15) is 15.0 Å². The van der Waals surface area contributed by atoms with Crippen molar-refractivity contribution in [3.63, 3.8) is 0 Å². The number of hydrogen-bond donors (Lipinski definition) is 3. The highest BCUT2D eigenvalue weighted by atomic mass is 16.3. The van der Waals surface area contributed by atoms with Crippen LogP contribution in [0.2, 0.25) is 0 Å². The van der Waals surface area contributed by atoms with Crippen molar-refractivity contribution >= 4 is 5.91 Å². The Kier molecular flexibility index (Phi) is 46.8. The van der Waals surface area contributed by atoms with Crippen LogP contribution in [0.1, 0.15) is 290 Å². The zero-order valence-electron chi connectivity index (χ0n) is 37.7. The third-order valence-corrected chi connectivity index (χ3v) is 12.0. The lowest BCUT2D eigenvalue weighted by molar-refractivity contribution is -0.123. The lowest BCUT2D eigenvalue weighted by atomic mass is 10.0. The second-order valence-corrected chi connectivity index (χ2v) is 17.6. The zero-order chi connectivity index (χ0) is 40.0. The molecule has 0 spiro atoms. The van der Waals surface area contributed by atoms with Gasteiger partial charge < -0.3 is 15.5 Å². The molecule has 2 unspecified atom stereocenters. The van der Waals surface area contributed by atoms with E-state index in [2.05, 4.69) is 31.3 Å². The van der Waals surface area contributed by atoms with E-state index in [1.165, 1.54) is 238 Å². The lowest BCUT2D eigenvalue weighted by Gasteiger charge is -2.22. The quantitative estimate of drug-likeness (QED) is 0.0426. The molecule has 2 atom stereocenters. The third kappa shape index (κ3) is 44.1. The first-order valence-corrected chi connectivity index (χ1v) is 25.4. The Morgan fingerprint density at radius 2 is 0.691 bits per heavy atom. The molecule has 3 N–H and O–H groups in total. The van der Waals surface area contributed by atoms with E-state index in [4.69, 9.17) is 0 Å². The molecule has 0 aliphatic rings. The Morgan fingerprint density at radius 3 is 1.00 bits per heavy atom. The fourth-order valence-electron chi connectivity index (χ4n) is 8.12. The highest BCUT2D eigenvalue weighted by Crippen LogP contribution is 2.17. The van der Waals surface area contributed by atoms with Crippen LogP contribution in [0.3, 0.4) is 0 Å². The van der Waals surface area contributed by atoms with Gasteiger partial charge in [0.05, 0.1) is 18.8 Å². The van der Waals surface area contributed by atoms with Crippen LogP contribution in [0.5, 0.6) is 0 Å². The van der Waals surface area contributed by atoms with Gasteiger partial charge in [0.15, 0.2) is 0 Å². The molecule has 0 fully saturated rings. The molecule has 55 heavy (non-hydrogen) atoms. The third-order valence-electron chi connectivity index (χ3n) is 12.0. The van der Waals surface area contributed by atoms with Crippen LogP contribution in [0.4, 0.5) is 0 Å². The first-order valence-electron chi connectivity index (χ1n) is 25.4. The number of carbonyl (C=O) groups is 1. The average Bonchev–Trinajstić information content (AvgIpc) is 3.19. The first-order chi connectivity index (χ1) is 27.2. The minimum absolute atomic E-state index is 0.0290. The number of nitrogens with one attached hydrogen (secondary N) is 1. The maximum atomic E-state index is 12.4. The van der Waals surface area contributed by atoms with E-state index in [-0.39, 0.29) is 12.5 Å². The van der Waals surface area contributed by atoms with E-state index in [1.807, 2.05) is 0 Å². The molecule has 4 nitrogen and oxygen atoms in total. The summed E-state index contributed by atoms with van der Waals surface area (Å²) in [6, 6.07) is -0.529. The van der Waals surface area contributed by atoms with Gasteiger partial charge >= 0.3 is 0 Å².